The summed E-state index contributed by atoms with van der Waals surface area (Å²) in [6, 6.07) is 5.89. The number of pyridine rings is 1. The molecule has 0 radical (unpaired) electrons. The molecule has 86 valence electrons. The maximum Gasteiger partial charge on any atom is 0.133 e. The summed E-state index contributed by atoms with van der Waals surface area (Å²) >= 11 is 1.66. The van der Waals surface area contributed by atoms with E-state index in [1.807, 2.05) is 38.3 Å². The Bertz CT molecular complexity index is 217. The van der Waals surface area contributed by atoms with Crippen LogP contribution >= 0.6 is 11.8 Å². The fourth-order valence-corrected chi connectivity index (χ4v) is 0.932. The minimum absolute atomic E-state index is 0.458. The van der Waals surface area contributed by atoms with Crippen molar-refractivity contribution >= 4 is 18.0 Å². The largest absolute Gasteiger partial charge is 0.313 e. The standard InChI is InChI=1S/C6H7NS.C3H7NO.C2H6/c1-8-6-4-2-3-5-7-6;1-4-2-3-5;1-2/h2-5H,1H3;3-4H,2H2,1H3;1-2H3. The molecule has 0 aliphatic carbocycles. The van der Waals surface area contributed by atoms with Crippen LogP contribution in [-0.4, -0.2) is 31.1 Å². The Morgan fingerprint density at radius 2 is 2.13 bits per heavy atom. The van der Waals surface area contributed by atoms with E-state index in [4.69, 9.17) is 0 Å². The van der Waals surface area contributed by atoms with Gasteiger partial charge in [-0.3, -0.25) is 0 Å². The van der Waals surface area contributed by atoms with Gasteiger partial charge in [0.2, 0.25) is 0 Å². The van der Waals surface area contributed by atoms with Crippen molar-refractivity contribution in [2.45, 2.75) is 18.9 Å². The molecule has 0 bridgehead atoms. The van der Waals surface area contributed by atoms with Crippen LogP contribution in [-0.2, 0) is 4.79 Å². The van der Waals surface area contributed by atoms with Crippen molar-refractivity contribution in [3.63, 3.8) is 0 Å². The molecule has 0 fully saturated rings. The second-order valence-electron chi connectivity index (χ2n) is 2.10. The second kappa shape index (κ2) is 15.6. The van der Waals surface area contributed by atoms with Gasteiger partial charge in [-0.25, -0.2) is 4.98 Å². The molecule has 0 aliphatic rings. The molecule has 1 aromatic heterocycles. The van der Waals surface area contributed by atoms with Crippen LogP contribution < -0.4 is 5.32 Å². The molecule has 0 aromatic carbocycles. The molecule has 1 aromatic rings. The van der Waals surface area contributed by atoms with Gasteiger partial charge in [0.1, 0.15) is 6.29 Å². The summed E-state index contributed by atoms with van der Waals surface area (Å²) in [6.45, 7) is 4.46. The minimum atomic E-state index is 0.458. The molecular formula is C11H20N2OS. The van der Waals surface area contributed by atoms with Gasteiger partial charge in [0.05, 0.1) is 11.6 Å². The van der Waals surface area contributed by atoms with Gasteiger partial charge in [-0.1, -0.05) is 19.9 Å². The maximum absolute atomic E-state index is 9.34. The molecule has 1 N–H and O–H groups in total. The van der Waals surface area contributed by atoms with E-state index < -0.39 is 0 Å². The first-order valence-electron chi connectivity index (χ1n) is 4.88. The van der Waals surface area contributed by atoms with Gasteiger partial charge in [-0.2, -0.15) is 0 Å². The molecule has 3 nitrogen and oxygen atoms in total. The first-order chi connectivity index (χ1) is 7.35. The normalized spacial score (nSPS) is 7.73. The molecule has 4 heteroatoms. The Morgan fingerprint density at radius 3 is 2.33 bits per heavy atom. The predicted octanol–water partition coefficient (Wildman–Crippen LogP) is 2.23. The lowest BCUT2D eigenvalue weighted by Gasteiger charge is -1.88. The summed E-state index contributed by atoms with van der Waals surface area (Å²) in [5, 5.41) is 3.73. The quantitative estimate of drug-likeness (QED) is 0.636. The van der Waals surface area contributed by atoms with E-state index in [0.29, 0.717) is 6.54 Å². The third-order valence-corrected chi connectivity index (χ3v) is 1.79. The van der Waals surface area contributed by atoms with Crippen LogP contribution in [0.1, 0.15) is 13.8 Å². The van der Waals surface area contributed by atoms with Gasteiger partial charge < -0.3 is 10.1 Å². The van der Waals surface area contributed by atoms with E-state index >= 15 is 0 Å². The summed E-state index contributed by atoms with van der Waals surface area (Å²) in [6.07, 6.45) is 4.63. The molecule has 0 atom stereocenters. The molecule has 1 heterocycles. The smallest absolute Gasteiger partial charge is 0.133 e. The lowest BCUT2D eigenvalue weighted by molar-refractivity contribution is -0.107. The van der Waals surface area contributed by atoms with Crippen molar-refractivity contribution < 1.29 is 4.79 Å². The number of carbonyl (C=O) groups is 1. The van der Waals surface area contributed by atoms with Crippen LogP contribution in [0.3, 0.4) is 0 Å². The summed E-state index contributed by atoms with van der Waals surface area (Å²) in [7, 11) is 1.73. The zero-order chi connectivity index (χ0) is 11.9. The minimum Gasteiger partial charge on any atom is -0.313 e. The van der Waals surface area contributed by atoms with Crippen molar-refractivity contribution in [1.82, 2.24) is 10.3 Å². The molecular weight excluding hydrogens is 208 g/mol. The van der Waals surface area contributed by atoms with E-state index in [-0.39, 0.29) is 0 Å². The van der Waals surface area contributed by atoms with Crippen LogP contribution in [0.2, 0.25) is 0 Å². The zero-order valence-corrected chi connectivity index (χ0v) is 10.7. The van der Waals surface area contributed by atoms with Gasteiger partial charge in [0, 0.05) is 6.20 Å². The molecule has 1 rings (SSSR count). The first kappa shape index (κ1) is 16.6. The Morgan fingerprint density at radius 1 is 1.47 bits per heavy atom. The maximum atomic E-state index is 9.34. The van der Waals surface area contributed by atoms with E-state index in [1.165, 1.54) is 0 Å². The molecule has 15 heavy (non-hydrogen) atoms. The number of likely N-dealkylation sites (N-methyl/N-ethyl adjacent to an activating group) is 1. The Hall–Kier alpha value is -0.870. The zero-order valence-electron chi connectivity index (χ0n) is 9.86. The third-order valence-electron chi connectivity index (χ3n) is 1.13. The highest BCUT2D eigenvalue weighted by molar-refractivity contribution is 7.98. The number of aromatic nitrogens is 1. The lowest BCUT2D eigenvalue weighted by atomic mass is 10.5. The van der Waals surface area contributed by atoms with Crippen molar-refractivity contribution in [1.29, 1.82) is 0 Å². The molecule has 0 unspecified atom stereocenters. The van der Waals surface area contributed by atoms with Crippen molar-refractivity contribution in [2.75, 3.05) is 19.8 Å². The fraction of sp³-hybridized carbons (Fsp3) is 0.455. The Labute approximate surface area is 96.7 Å². The number of hydrogen-bond acceptors (Lipinski definition) is 4. The number of carbonyl (C=O) groups excluding carboxylic acids is 1. The Kier molecular flexibility index (Phi) is 17.2. The van der Waals surface area contributed by atoms with Crippen LogP contribution in [0.4, 0.5) is 0 Å². The highest BCUT2D eigenvalue weighted by atomic mass is 32.2. The SMILES string of the molecule is CC.CNCC=O.CSc1ccccn1. The molecule has 0 spiro atoms. The van der Waals surface area contributed by atoms with E-state index in [9.17, 15) is 4.79 Å². The average molecular weight is 228 g/mol. The van der Waals surface area contributed by atoms with Crippen LogP contribution in [0.25, 0.3) is 0 Å². The van der Waals surface area contributed by atoms with E-state index in [0.717, 1.165) is 11.3 Å². The summed E-state index contributed by atoms with van der Waals surface area (Å²) in [5.74, 6) is 0. The summed E-state index contributed by atoms with van der Waals surface area (Å²) < 4.78 is 0. The van der Waals surface area contributed by atoms with Crippen molar-refractivity contribution in [3.8, 4) is 0 Å². The number of aldehydes is 1. The van der Waals surface area contributed by atoms with Crippen molar-refractivity contribution in [3.05, 3.63) is 24.4 Å². The van der Waals surface area contributed by atoms with Crippen molar-refractivity contribution in [2.24, 2.45) is 0 Å². The van der Waals surface area contributed by atoms with Gasteiger partial charge in [-0.05, 0) is 25.4 Å². The molecule has 0 saturated carbocycles. The summed E-state index contributed by atoms with van der Waals surface area (Å²) in [4.78, 5) is 13.4. The number of rotatable bonds is 3. The van der Waals surface area contributed by atoms with Crippen LogP contribution in [0, 0.1) is 0 Å². The van der Waals surface area contributed by atoms with Crippen LogP contribution in [0.5, 0.6) is 0 Å². The number of nitrogens with zero attached hydrogens (tertiary/aromatic N) is 1. The Balaban J connectivity index is 0. The van der Waals surface area contributed by atoms with Gasteiger partial charge in [0.15, 0.2) is 0 Å². The lowest BCUT2D eigenvalue weighted by Crippen LogP contribution is -2.07. The number of hydrogen-bond donors (Lipinski definition) is 1. The monoisotopic (exact) mass is 228 g/mol. The van der Waals surface area contributed by atoms with Crippen LogP contribution in [0.15, 0.2) is 29.4 Å². The predicted molar refractivity (Wildman–Crippen MR) is 67.4 cm³/mol. The third kappa shape index (κ3) is 13.1. The number of nitrogens with one attached hydrogen (secondary N) is 1. The first-order valence-corrected chi connectivity index (χ1v) is 6.11. The molecule has 0 saturated heterocycles. The van der Waals surface area contributed by atoms with Gasteiger partial charge in [-0.15, -0.1) is 11.8 Å². The van der Waals surface area contributed by atoms with Gasteiger partial charge >= 0.3 is 0 Å². The van der Waals surface area contributed by atoms with E-state index in [2.05, 4.69) is 10.3 Å². The van der Waals surface area contributed by atoms with Gasteiger partial charge in [0.25, 0.3) is 0 Å². The van der Waals surface area contributed by atoms with E-state index in [1.54, 1.807) is 25.0 Å². The second-order valence-corrected chi connectivity index (χ2v) is 2.92. The molecule has 0 aliphatic heterocycles. The fourth-order valence-electron chi connectivity index (χ4n) is 0.551. The highest BCUT2D eigenvalue weighted by Crippen LogP contribution is 2.07. The molecule has 0 amide bonds. The highest BCUT2D eigenvalue weighted by Gasteiger charge is 1.82. The topological polar surface area (TPSA) is 42.0 Å². The summed E-state index contributed by atoms with van der Waals surface area (Å²) in [5.41, 5.74) is 0. The number of thioether (sulfide) groups is 1. The average Bonchev–Trinajstić information content (AvgIpc) is 2.34.